The third kappa shape index (κ3) is 6.79. The molecule has 2 fully saturated rings. The second kappa shape index (κ2) is 14.1. The fourth-order valence-electron chi connectivity index (χ4n) is 5.77. The molecule has 0 aromatic carbocycles. The van der Waals surface area contributed by atoms with Crippen molar-refractivity contribution < 1.29 is 38.0 Å². The van der Waals surface area contributed by atoms with Gasteiger partial charge in [0.1, 0.15) is 48.6 Å². The maximum absolute atomic E-state index is 14.3. The Morgan fingerprint density at radius 3 is 2.65 bits per heavy atom. The first-order chi connectivity index (χ1) is 23.0. The van der Waals surface area contributed by atoms with Gasteiger partial charge < -0.3 is 40.8 Å². The van der Waals surface area contributed by atoms with Crippen LogP contribution >= 0.6 is 7.75 Å². The van der Waals surface area contributed by atoms with Crippen molar-refractivity contribution in [3.8, 4) is 0 Å². The summed E-state index contributed by atoms with van der Waals surface area (Å²) in [7, 11) is 1.08. The maximum atomic E-state index is 14.3. The molecule has 2 aliphatic rings. The predicted octanol–water partition coefficient (Wildman–Crippen LogP) is -1.27. The van der Waals surface area contributed by atoms with Crippen LogP contribution in [-0.4, -0.2) is 132 Å². The Bertz CT molecular complexity index is 1830. The van der Waals surface area contributed by atoms with Crippen LogP contribution in [0, 0.1) is 0 Å². The fraction of sp³-hybridized carbons (Fsp3) is 0.615. The Morgan fingerprint density at radius 1 is 1.12 bits per heavy atom. The number of aromatic amines is 1. The molecule has 48 heavy (non-hydrogen) atoms. The number of aliphatic hydroxyl groups excluding tert-OH is 2. The highest BCUT2D eigenvalue weighted by molar-refractivity contribution is 7.51. The van der Waals surface area contributed by atoms with Gasteiger partial charge in [-0.1, -0.05) is 0 Å². The van der Waals surface area contributed by atoms with Gasteiger partial charge in [0, 0.05) is 20.1 Å². The van der Waals surface area contributed by atoms with Crippen LogP contribution in [0.3, 0.4) is 0 Å². The Hall–Kier alpha value is -3.63. The van der Waals surface area contributed by atoms with Gasteiger partial charge in [-0.2, -0.15) is 4.98 Å². The van der Waals surface area contributed by atoms with Gasteiger partial charge >= 0.3 is 7.75 Å². The monoisotopic (exact) mass is 694 g/mol. The number of hydrogen-bond acceptors (Lipinski definition) is 17. The summed E-state index contributed by atoms with van der Waals surface area (Å²) in [5, 5.41) is 24.2. The minimum atomic E-state index is -4.13. The summed E-state index contributed by atoms with van der Waals surface area (Å²) in [6.45, 7) is 0.134. The van der Waals surface area contributed by atoms with Crippen LogP contribution in [0.5, 0.6) is 0 Å². The van der Waals surface area contributed by atoms with E-state index >= 15 is 0 Å². The van der Waals surface area contributed by atoms with Gasteiger partial charge in [0.25, 0.3) is 5.56 Å². The van der Waals surface area contributed by atoms with E-state index in [1.165, 1.54) is 30.7 Å². The molecule has 0 aliphatic carbocycles. The summed E-state index contributed by atoms with van der Waals surface area (Å²) < 4.78 is 47.1. The van der Waals surface area contributed by atoms with Crippen molar-refractivity contribution in [2.45, 2.75) is 55.8 Å². The first kappa shape index (κ1) is 34.2. The SMILES string of the molecule is CO[C@@H]1C(O)[C@@H](COP(=O)(NCCCN(C)C)OC2C[C@H](n3cnc4c(N)ncnc43)O[C@@H]2CO)O[C@H]1n1cnc2c(=O)[nH]c(N)nc21. The number of H-pyrrole nitrogens is 1. The lowest BCUT2D eigenvalue weighted by molar-refractivity contribution is -0.0597. The summed E-state index contributed by atoms with van der Waals surface area (Å²) >= 11 is 0. The molecular weight excluding hydrogens is 655 g/mol. The molecule has 6 rings (SSSR count). The number of ether oxygens (including phenoxy) is 3. The Morgan fingerprint density at radius 2 is 1.90 bits per heavy atom. The van der Waals surface area contributed by atoms with E-state index in [0.29, 0.717) is 24.1 Å². The second-order valence-electron chi connectivity index (χ2n) is 11.7. The lowest BCUT2D eigenvalue weighted by Gasteiger charge is -2.26. The highest BCUT2D eigenvalue weighted by Gasteiger charge is 2.48. The van der Waals surface area contributed by atoms with E-state index in [4.69, 9.17) is 34.7 Å². The maximum Gasteiger partial charge on any atom is 0.405 e. The lowest BCUT2D eigenvalue weighted by atomic mass is 10.1. The van der Waals surface area contributed by atoms with Crippen molar-refractivity contribution in [1.29, 1.82) is 0 Å². The number of anilines is 2. The molecule has 0 saturated carbocycles. The first-order valence-electron chi connectivity index (χ1n) is 15.1. The normalized spacial score (nSPS) is 27.4. The van der Waals surface area contributed by atoms with Gasteiger partial charge in [0.15, 0.2) is 28.9 Å². The average molecular weight is 695 g/mol. The number of nitrogens with one attached hydrogen (secondary N) is 2. The van der Waals surface area contributed by atoms with Crippen molar-refractivity contribution >= 4 is 41.8 Å². The minimum Gasteiger partial charge on any atom is -0.394 e. The summed E-state index contributed by atoms with van der Waals surface area (Å²) in [6.07, 6.45) is -1.79. The van der Waals surface area contributed by atoms with Crippen LogP contribution in [0.25, 0.3) is 22.3 Å². The highest BCUT2D eigenvalue weighted by Crippen LogP contribution is 2.49. The number of fused-ring (bicyclic) bond motifs is 2. The number of methoxy groups -OCH3 is 1. The van der Waals surface area contributed by atoms with Crippen molar-refractivity contribution in [2.24, 2.45) is 0 Å². The van der Waals surface area contributed by atoms with Crippen LogP contribution < -0.4 is 22.1 Å². The molecule has 262 valence electrons. The molecule has 4 aromatic heterocycles. The largest absolute Gasteiger partial charge is 0.405 e. The van der Waals surface area contributed by atoms with E-state index in [1.807, 2.05) is 19.0 Å². The van der Waals surface area contributed by atoms with Gasteiger partial charge in [-0.05, 0) is 27.1 Å². The quantitative estimate of drug-likeness (QED) is 0.0663. The van der Waals surface area contributed by atoms with Gasteiger partial charge in [-0.15, -0.1) is 0 Å². The van der Waals surface area contributed by atoms with E-state index in [-0.39, 0.29) is 42.5 Å². The van der Waals surface area contributed by atoms with Crippen molar-refractivity contribution in [2.75, 3.05) is 59.0 Å². The third-order valence-electron chi connectivity index (χ3n) is 8.14. The number of nitrogen functional groups attached to an aromatic ring is 2. The van der Waals surface area contributed by atoms with Crippen molar-refractivity contribution in [3.05, 3.63) is 29.3 Å². The van der Waals surface area contributed by atoms with Crippen LogP contribution in [0.15, 0.2) is 23.8 Å². The zero-order valence-corrected chi connectivity index (χ0v) is 27.3. The topological polar surface area (TPSA) is 278 Å². The Kier molecular flexibility index (Phi) is 10.0. The molecule has 0 amide bonds. The zero-order chi connectivity index (χ0) is 34.2. The molecule has 2 saturated heterocycles. The van der Waals surface area contributed by atoms with Gasteiger partial charge in [-0.3, -0.25) is 28.0 Å². The number of aliphatic hydroxyl groups is 2. The molecule has 2 aliphatic heterocycles. The van der Waals surface area contributed by atoms with Crippen molar-refractivity contribution in [3.63, 3.8) is 0 Å². The Labute approximate surface area is 273 Å². The second-order valence-corrected chi connectivity index (χ2v) is 13.4. The molecule has 0 spiro atoms. The number of nitrogens with two attached hydrogens (primary N) is 2. The van der Waals surface area contributed by atoms with Crippen LogP contribution in [0.4, 0.5) is 11.8 Å². The van der Waals surface area contributed by atoms with Crippen LogP contribution in [0.2, 0.25) is 0 Å². The molecule has 3 unspecified atom stereocenters. The van der Waals surface area contributed by atoms with Gasteiger partial charge in [0.05, 0.1) is 25.9 Å². The minimum absolute atomic E-state index is 0.0202. The van der Waals surface area contributed by atoms with Crippen molar-refractivity contribution in [1.82, 2.24) is 49.0 Å². The lowest BCUT2D eigenvalue weighted by Crippen LogP contribution is -2.36. The summed E-state index contributed by atoms with van der Waals surface area (Å²) in [4.78, 5) is 37.4. The molecule has 4 aromatic rings. The summed E-state index contributed by atoms with van der Waals surface area (Å²) in [6, 6.07) is 0. The summed E-state index contributed by atoms with van der Waals surface area (Å²) in [5.41, 5.74) is 12.1. The standard InChI is InChI=1S/C26H39N12O9P/c1-36(2)6-4-5-33-48(42,47-13-7-16(45-14(13)8-39)37-11-31-17-21(27)29-10-30-22(17)37)44-9-15-19(40)20(43-3)25(46-15)38-12-32-18-23(38)34-26(28)35-24(18)41/h10-16,19-20,25,39-40H,4-9H2,1-3H3,(H,33,42)(H2,27,29,30)(H3,28,34,35,41)/t13?,14-,15-,16-,19?,20-,25-,48?/m1/s1. The zero-order valence-electron chi connectivity index (χ0n) is 26.4. The van der Waals surface area contributed by atoms with E-state index in [0.717, 1.165) is 0 Å². The number of aromatic nitrogens is 8. The molecule has 22 heteroatoms. The number of hydrogen-bond donors (Lipinski definition) is 6. The summed E-state index contributed by atoms with van der Waals surface area (Å²) in [5.74, 6) is 0.0747. The number of rotatable bonds is 14. The van der Waals surface area contributed by atoms with E-state index in [2.05, 4.69) is 35.0 Å². The highest BCUT2D eigenvalue weighted by atomic mass is 31.2. The molecule has 0 bridgehead atoms. The molecule has 0 radical (unpaired) electrons. The van der Waals surface area contributed by atoms with Gasteiger partial charge in [-0.25, -0.2) is 29.6 Å². The first-order valence-corrected chi connectivity index (χ1v) is 16.7. The van der Waals surface area contributed by atoms with E-state index in [1.54, 1.807) is 4.57 Å². The van der Waals surface area contributed by atoms with E-state index < -0.39 is 62.9 Å². The van der Waals surface area contributed by atoms with Crippen LogP contribution in [0.1, 0.15) is 25.3 Å². The molecule has 8 N–H and O–H groups in total. The number of imidazole rings is 2. The average Bonchev–Trinajstić information content (AvgIpc) is 3.82. The Balaban J connectivity index is 1.19. The molecule has 6 heterocycles. The number of nitrogens with zero attached hydrogens (tertiary/aromatic N) is 8. The molecular formula is C26H39N12O9P. The molecule has 8 atom stereocenters. The predicted molar refractivity (Wildman–Crippen MR) is 168 cm³/mol. The fourth-order valence-corrected chi connectivity index (χ4v) is 7.35. The van der Waals surface area contributed by atoms with E-state index in [9.17, 15) is 19.6 Å². The van der Waals surface area contributed by atoms with Gasteiger partial charge in [0.2, 0.25) is 5.95 Å². The molecule has 21 nitrogen and oxygen atoms in total. The van der Waals surface area contributed by atoms with Crippen LogP contribution in [-0.2, 0) is 27.8 Å². The smallest absolute Gasteiger partial charge is 0.394 e. The third-order valence-corrected chi connectivity index (χ3v) is 9.79.